The van der Waals surface area contributed by atoms with Crippen LogP contribution in [-0.4, -0.2) is 40.6 Å². The zero-order valence-corrected chi connectivity index (χ0v) is 20.2. The van der Waals surface area contributed by atoms with Gasteiger partial charge in [-0.05, 0) is 60.4 Å². The third kappa shape index (κ3) is 4.87. The Morgan fingerprint density at radius 1 is 1.12 bits per heavy atom. The number of carbonyl (C=O) groups is 1. The summed E-state index contributed by atoms with van der Waals surface area (Å²) in [7, 11) is -2.42. The lowest BCUT2D eigenvalue weighted by molar-refractivity contribution is -0.127. The number of sulfonamides is 1. The van der Waals surface area contributed by atoms with Crippen molar-refractivity contribution in [3.8, 4) is 11.5 Å². The molecule has 1 amide bonds. The summed E-state index contributed by atoms with van der Waals surface area (Å²) < 4.78 is 39.5. The molecule has 0 radical (unpaired) electrons. The number of amides is 1. The summed E-state index contributed by atoms with van der Waals surface area (Å²) in [6, 6.07) is 21.3. The molecule has 7 nitrogen and oxygen atoms in total. The molecule has 0 bridgehead atoms. The fourth-order valence-electron chi connectivity index (χ4n) is 3.87. The molecule has 0 spiro atoms. The first-order chi connectivity index (χ1) is 16.3. The first-order valence-electron chi connectivity index (χ1n) is 11.1. The number of carbonyl (C=O) groups excluding carboxylic acids is 1. The van der Waals surface area contributed by atoms with E-state index >= 15 is 0 Å². The summed E-state index contributed by atoms with van der Waals surface area (Å²) in [4.78, 5) is 13.2. The van der Waals surface area contributed by atoms with Crippen LogP contribution < -0.4 is 19.1 Å². The topological polar surface area (TPSA) is 84.9 Å². The van der Waals surface area contributed by atoms with Crippen LogP contribution in [0.25, 0.3) is 0 Å². The average molecular weight is 481 g/mol. The molecule has 2 atom stereocenters. The molecule has 34 heavy (non-hydrogen) atoms. The molecule has 0 saturated carbocycles. The number of benzene rings is 3. The average Bonchev–Trinajstić information content (AvgIpc) is 2.86. The van der Waals surface area contributed by atoms with Crippen LogP contribution in [0.1, 0.15) is 24.0 Å². The minimum Gasteiger partial charge on any atom is -0.497 e. The van der Waals surface area contributed by atoms with Crippen molar-refractivity contribution in [2.45, 2.75) is 30.8 Å². The molecular weight excluding hydrogens is 452 g/mol. The largest absolute Gasteiger partial charge is 0.497 e. The molecule has 3 aromatic carbocycles. The van der Waals surface area contributed by atoms with Gasteiger partial charge in [-0.15, -0.1) is 0 Å². The Kier molecular flexibility index (Phi) is 6.79. The van der Waals surface area contributed by atoms with Crippen LogP contribution in [-0.2, 0) is 14.8 Å². The van der Waals surface area contributed by atoms with Crippen LogP contribution in [0, 0.1) is 6.92 Å². The van der Waals surface area contributed by atoms with E-state index in [9.17, 15) is 13.2 Å². The summed E-state index contributed by atoms with van der Waals surface area (Å²) in [5.74, 6) is 0.661. The molecule has 1 aliphatic heterocycles. The number of nitrogens with one attached hydrogen (secondary N) is 1. The van der Waals surface area contributed by atoms with Gasteiger partial charge in [-0.3, -0.25) is 9.10 Å². The maximum absolute atomic E-state index is 13.6. The minimum absolute atomic E-state index is 0.0995. The van der Waals surface area contributed by atoms with Crippen LogP contribution in [0.15, 0.2) is 77.7 Å². The molecular formula is C26H28N2O5S. The van der Waals surface area contributed by atoms with Gasteiger partial charge in [0.25, 0.3) is 15.9 Å². The van der Waals surface area contributed by atoms with Gasteiger partial charge < -0.3 is 14.8 Å². The van der Waals surface area contributed by atoms with Gasteiger partial charge in [0.05, 0.1) is 24.2 Å². The Bertz CT molecular complexity index is 1260. The number of aryl methyl sites for hydroxylation is 1. The molecule has 0 unspecified atom stereocenters. The maximum atomic E-state index is 13.6. The molecule has 3 aromatic rings. The predicted octanol–water partition coefficient (Wildman–Crippen LogP) is 3.88. The van der Waals surface area contributed by atoms with Crippen molar-refractivity contribution in [2.24, 2.45) is 0 Å². The van der Waals surface area contributed by atoms with Crippen molar-refractivity contribution in [1.82, 2.24) is 5.32 Å². The van der Waals surface area contributed by atoms with E-state index in [1.54, 1.807) is 24.3 Å². The van der Waals surface area contributed by atoms with E-state index < -0.39 is 16.1 Å². The number of methoxy groups -OCH3 is 1. The summed E-state index contributed by atoms with van der Waals surface area (Å²) in [5.41, 5.74) is 2.42. The van der Waals surface area contributed by atoms with Gasteiger partial charge in [0.15, 0.2) is 6.10 Å². The summed E-state index contributed by atoms with van der Waals surface area (Å²) >= 11 is 0. The van der Waals surface area contributed by atoms with Gasteiger partial charge in [0, 0.05) is 6.54 Å². The monoisotopic (exact) mass is 480 g/mol. The van der Waals surface area contributed by atoms with Gasteiger partial charge in [0.1, 0.15) is 11.5 Å². The van der Waals surface area contributed by atoms with Crippen molar-refractivity contribution < 1.29 is 22.7 Å². The third-order valence-electron chi connectivity index (χ3n) is 5.88. The molecule has 1 N–H and O–H groups in total. The van der Waals surface area contributed by atoms with Gasteiger partial charge in [-0.1, -0.05) is 43.3 Å². The van der Waals surface area contributed by atoms with E-state index in [1.165, 1.54) is 23.5 Å². The van der Waals surface area contributed by atoms with Crippen LogP contribution >= 0.6 is 0 Å². The smallest absolute Gasteiger partial charge is 0.264 e. The van der Waals surface area contributed by atoms with Crippen LogP contribution in [0.3, 0.4) is 0 Å². The summed E-state index contributed by atoms with van der Waals surface area (Å²) in [6.07, 6.45) is -0.981. The fraction of sp³-hybridized carbons (Fsp3) is 0.269. The second kappa shape index (κ2) is 9.77. The molecule has 0 aromatic heterocycles. The van der Waals surface area contributed by atoms with Gasteiger partial charge in [-0.25, -0.2) is 8.42 Å². The Hall–Kier alpha value is -3.52. The molecule has 178 valence electrons. The molecule has 4 rings (SSSR count). The van der Waals surface area contributed by atoms with Crippen molar-refractivity contribution in [3.05, 3.63) is 83.9 Å². The number of ether oxygens (including phenoxy) is 2. The number of nitrogens with zero attached hydrogens (tertiary/aromatic N) is 1. The highest BCUT2D eigenvalue weighted by atomic mass is 32.2. The first-order valence-corrected chi connectivity index (χ1v) is 12.5. The summed E-state index contributed by atoms with van der Waals surface area (Å²) in [6.45, 7) is 4.19. The second-order valence-corrected chi connectivity index (χ2v) is 10.2. The minimum atomic E-state index is -3.94. The summed E-state index contributed by atoms with van der Waals surface area (Å²) in [5, 5.41) is 2.92. The van der Waals surface area contributed by atoms with E-state index in [0.717, 1.165) is 11.1 Å². The predicted molar refractivity (Wildman–Crippen MR) is 131 cm³/mol. The molecule has 0 saturated heterocycles. The molecule has 1 heterocycles. The molecule has 8 heteroatoms. The van der Waals surface area contributed by atoms with Crippen molar-refractivity contribution >= 4 is 21.6 Å². The van der Waals surface area contributed by atoms with E-state index in [2.05, 4.69) is 5.32 Å². The van der Waals surface area contributed by atoms with E-state index in [0.29, 0.717) is 23.7 Å². The normalized spacial score (nSPS) is 16.2. The van der Waals surface area contributed by atoms with Crippen LogP contribution in [0.2, 0.25) is 0 Å². The highest BCUT2D eigenvalue weighted by Crippen LogP contribution is 2.38. The Balaban J connectivity index is 1.58. The van der Waals surface area contributed by atoms with Crippen LogP contribution in [0.5, 0.6) is 11.5 Å². The Labute approximate surface area is 200 Å². The lowest BCUT2D eigenvalue weighted by atomic mass is 10.0. The lowest BCUT2D eigenvalue weighted by Gasteiger charge is -2.35. The van der Waals surface area contributed by atoms with Crippen molar-refractivity contribution in [1.29, 1.82) is 0 Å². The Morgan fingerprint density at radius 2 is 1.82 bits per heavy atom. The highest BCUT2D eigenvalue weighted by molar-refractivity contribution is 7.92. The Morgan fingerprint density at radius 3 is 2.50 bits per heavy atom. The van der Waals surface area contributed by atoms with Crippen molar-refractivity contribution in [3.63, 3.8) is 0 Å². The maximum Gasteiger partial charge on any atom is 0.264 e. The van der Waals surface area contributed by atoms with E-state index in [-0.39, 0.29) is 23.3 Å². The number of anilines is 1. The van der Waals surface area contributed by atoms with Gasteiger partial charge in [0.2, 0.25) is 0 Å². The lowest BCUT2D eigenvalue weighted by Crippen LogP contribution is -2.51. The molecule has 0 aliphatic carbocycles. The SMILES string of the molecule is COc1ccc(S(=O)(=O)N2C[C@@H](C(=O)NC[C@@H](C)c3ccccc3)Oc3cc(C)ccc32)cc1. The van der Waals surface area contributed by atoms with E-state index in [4.69, 9.17) is 9.47 Å². The highest BCUT2D eigenvalue weighted by Gasteiger charge is 2.37. The quantitative estimate of drug-likeness (QED) is 0.555. The third-order valence-corrected chi connectivity index (χ3v) is 7.67. The fourth-order valence-corrected chi connectivity index (χ4v) is 5.34. The first kappa shape index (κ1) is 23.6. The molecule has 1 aliphatic rings. The standard InChI is InChI=1S/C26H28N2O5S/c1-18-9-14-23-24(15-18)33-25(26(29)27-16-19(2)20-7-5-4-6-8-20)17-28(23)34(30,31)22-12-10-21(32-3)11-13-22/h4-15,19,25H,16-17H2,1-3H3,(H,27,29)/t19-,25+/m1/s1. The van der Waals surface area contributed by atoms with Crippen LogP contribution in [0.4, 0.5) is 5.69 Å². The zero-order chi connectivity index (χ0) is 24.3. The second-order valence-electron chi connectivity index (χ2n) is 8.35. The number of rotatable bonds is 7. The van der Waals surface area contributed by atoms with Gasteiger partial charge >= 0.3 is 0 Å². The number of hydrogen-bond acceptors (Lipinski definition) is 5. The van der Waals surface area contributed by atoms with Crippen molar-refractivity contribution in [2.75, 3.05) is 24.5 Å². The number of hydrogen-bond donors (Lipinski definition) is 1. The number of fused-ring (bicyclic) bond motifs is 1. The van der Waals surface area contributed by atoms with E-state index in [1.807, 2.05) is 50.2 Å². The molecule has 0 fully saturated rings. The zero-order valence-electron chi connectivity index (χ0n) is 19.4. The van der Waals surface area contributed by atoms with Gasteiger partial charge in [-0.2, -0.15) is 0 Å².